The molecule has 27 heavy (non-hydrogen) atoms. The minimum absolute atomic E-state index is 0.134. The topological polar surface area (TPSA) is 46.3 Å². The standard InChI is InChI=1S/C23H26N2O2/c1-15-12-25(13-18-9-6-16-4-2-3-5-20(16)18)14-19(15)10-22(26)21-11-23(27-24-21)17-7-8-17/h2-5,9,11,15,17,19H,6-8,10,12-14H2,1H3/t15-,19+/m0/s1. The second kappa shape index (κ2) is 6.75. The first-order chi connectivity index (χ1) is 13.2. The number of carbonyl (C=O) groups excluding carboxylic acids is 1. The van der Waals surface area contributed by atoms with Gasteiger partial charge in [0.2, 0.25) is 0 Å². The minimum Gasteiger partial charge on any atom is -0.360 e. The van der Waals surface area contributed by atoms with Crippen LogP contribution in [0.15, 0.2) is 40.9 Å². The molecule has 2 aliphatic carbocycles. The lowest BCUT2D eigenvalue weighted by Gasteiger charge is -2.17. The van der Waals surface area contributed by atoms with Gasteiger partial charge in [-0.2, -0.15) is 0 Å². The highest BCUT2D eigenvalue weighted by Gasteiger charge is 2.34. The van der Waals surface area contributed by atoms with E-state index in [1.165, 1.54) is 16.7 Å². The Morgan fingerprint density at radius 2 is 2.11 bits per heavy atom. The smallest absolute Gasteiger partial charge is 0.185 e. The molecule has 1 aromatic carbocycles. The van der Waals surface area contributed by atoms with Gasteiger partial charge in [-0.05, 0) is 47.8 Å². The molecular formula is C23H26N2O2. The third-order valence-corrected chi connectivity index (χ3v) is 6.41. The van der Waals surface area contributed by atoms with Crippen molar-refractivity contribution in [1.29, 1.82) is 0 Å². The van der Waals surface area contributed by atoms with Crippen molar-refractivity contribution < 1.29 is 9.32 Å². The van der Waals surface area contributed by atoms with Gasteiger partial charge in [0.1, 0.15) is 11.5 Å². The van der Waals surface area contributed by atoms with Crippen LogP contribution in [0.4, 0.5) is 0 Å². The normalized spacial score (nSPS) is 24.9. The van der Waals surface area contributed by atoms with E-state index in [2.05, 4.69) is 47.3 Å². The highest BCUT2D eigenvalue weighted by molar-refractivity contribution is 5.94. The average molecular weight is 362 g/mol. The second-order valence-electron chi connectivity index (χ2n) is 8.54. The third kappa shape index (κ3) is 3.39. The van der Waals surface area contributed by atoms with Crippen LogP contribution in [0.2, 0.25) is 0 Å². The predicted molar refractivity (Wildman–Crippen MR) is 105 cm³/mol. The summed E-state index contributed by atoms with van der Waals surface area (Å²) in [6, 6.07) is 10.6. The molecule has 0 bridgehead atoms. The van der Waals surface area contributed by atoms with Gasteiger partial charge in [-0.15, -0.1) is 0 Å². The highest BCUT2D eigenvalue weighted by atomic mass is 16.5. The number of ketones is 1. The molecule has 2 aromatic rings. The van der Waals surface area contributed by atoms with Crippen molar-refractivity contribution in [3.8, 4) is 0 Å². The van der Waals surface area contributed by atoms with Gasteiger partial charge >= 0.3 is 0 Å². The SMILES string of the molecule is C[C@H]1CN(CC2=CCc3ccccc32)C[C@H]1CC(=O)c1cc(C2CC2)on1. The molecule has 0 spiro atoms. The Labute approximate surface area is 160 Å². The molecule has 1 saturated carbocycles. The summed E-state index contributed by atoms with van der Waals surface area (Å²) in [5, 5.41) is 4.02. The van der Waals surface area contributed by atoms with Crippen LogP contribution >= 0.6 is 0 Å². The van der Waals surface area contributed by atoms with Crippen molar-refractivity contribution in [2.24, 2.45) is 11.8 Å². The summed E-state index contributed by atoms with van der Waals surface area (Å²) >= 11 is 0. The van der Waals surface area contributed by atoms with Gasteiger partial charge in [-0.3, -0.25) is 9.69 Å². The van der Waals surface area contributed by atoms with Crippen LogP contribution in [0, 0.1) is 11.8 Å². The van der Waals surface area contributed by atoms with Crippen molar-refractivity contribution >= 4 is 11.4 Å². The summed E-state index contributed by atoms with van der Waals surface area (Å²) in [4.78, 5) is 15.2. The number of allylic oxidation sites excluding steroid dienone is 1. The molecule has 0 unspecified atom stereocenters. The molecule has 2 heterocycles. The Morgan fingerprint density at radius 3 is 2.96 bits per heavy atom. The summed E-state index contributed by atoms with van der Waals surface area (Å²) < 4.78 is 5.36. The van der Waals surface area contributed by atoms with Crippen molar-refractivity contribution in [3.05, 3.63) is 59.0 Å². The van der Waals surface area contributed by atoms with E-state index in [1.807, 2.05) is 6.07 Å². The monoisotopic (exact) mass is 362 g/mol. The summed E-state index contributed by atoms with van der Waals surface area (Å²) in [5.74, 6) is 2.46. The van der Waals surface area contributed by atoms with Gasteiger partial charge < -0.3 is 4.52 Å². The number of aromatic nitrogens is 1. The summed E-state index contributed by atoms with van der Waals surface area (Å²) in [7, 11) is 0. The number of rotatable bonds is 6. The lowest BCUT2D eigenvalue weighted by atomic mass is 9.92. The van der Waals surface area contributed by atoms with E-state index in [-0.39, 0.29) is 5.78 Å². The molecule has 4 nitrogen and oxygen atoms in total. The van der Waals surface area contributed by atoms with Gasteiger partial charge in [-0.25, -0.2) is 0 Å². The molecule has 2 fully saturated rings. The van der Waals surface area contributed by atoms with E-state index in [0.717, 1.165) is 44.7 Å². The van der Waals surface area contributed by atoms with Gasteiger partial charge in [0.25, 0.3) is 0 Å². The Morgan fingerprint density at radius 1 is 1.26 bits per heavy atom. The Hall–Kier alpha value is -2.20. The summed E-state index contributed by atoms with van der Waals surface area (Å²) in [5.41, 5.74) is 4.80. The van der Waals surface area contributed by atoms with Crippen LogP contribution in [0.1, 0.15) is 59.5 Å². The largest absolute Gasteiger partial charge is 0.360 e. The van der Waals surface area contributed by atoms with Crippen LogP contribution in [0.25, 0.3) is 5.57 Å². The maximum absolute atomic E-state index is 12.7. The fourth-order valence-corrected chi connectivity index (χ4v) is 4.61. The first-order valence-corrected chi connectivity index (χ1v) is 10.2. The number of benzene rings is 1. The van der Waals surface area contributed by atoms with Crippen molar-refractivity contribution in [1.82, 2.24) is 10.1 Å². The zero-order valence-corrected chi connectivity index (χ0v) is 15.9. The predicted octanol–water partition coefficient (Wildman–Crippen LogP) is 4.33. The van der Waals surface area contributed by atoms with E-state index >= 15 is 0 Å². The van der Waals surface area contributed by atoms with Crippen LogP contribution < -0.4 is 0 Å². The minimum atomic E-state index is 0.134. The number of hydrogen-bond donors (Lipinski definition) is 0. The Bertz CT molecular complexity index is 893. The quantitative estimate of drug-likeness (QED) is 0.718. The molecule has 1 saturated heterocycles. The molecule has 4 heteroatoms. The molecule has 0 N–H and O–H groups in total. The van der Waals surface area contributed by atoms with Crippen molar-refractivity contribution in [2.75, 3.05) is 19.6 Å². The van der Waals surface area contributed by atoms with E-state index in [9.17, 15) is 4.79 Å². The lowest BCUT2D eigenvalue weighted by Crippen LogP contribution is -2.23. The number of Topliss-reactive ketones (excluding diaryl/α,β-unsaturated/α-hetero) is 1. The van der Waals surface area contributed by atoms with Gasteiger partial charge in [-0.1, -0.05) is 42.4 Å². The van der Waals surface area contributed by atoms with Gasteiger partial charge in [0, 0.05) is 38.0 Å². The second-order valence-corrected chi connectivity index (χ2v) is 8.54. The maximum Gasteiger partial charge on any atom is 0.185 e. The fraction of sp³-hybridized carbons (Fsp3) is 0.478. The van der Waals surface area contributed by atoms with Crippen LogP contribution in [-0.4, -0.2) is 35.5 Å². The number of hydrogen-bond acceptors (Lipinski definition) is 4. The van der Waals surface area contributed by atoms with E-state index in [1.54, 1.807) is 0 Å². The maximum atomic E-state index is 12.7. The van der Waals surface area contributed by atoms with Crippen LogP contribution in [0.5, 0.6) is 0 Å². The molecule has 0 amide bonds. The molecule has 140 valence electrons. The molecule has 1 aliphatic heterocycles. The first-order valence-electron chi connectivity index (χ1n) is 10.2. The van der Waals surface area contributed by atoms with Gasteiger partial charge in [0.15, 0.2) is 5.78 Å². The zero-order chi connectivity index (χ0) is 18.4. The lowest BCUT2D eigenvalue weighted by molar-refractivity contribution is 0.0946. The third-order valence-electron chi connectivity index (χ3n) is 6.41. The Balaban J connectivity index is 1.20. The molecule has 3 aliphatic rings. The van der Waals surface area contributed by atoms with E-state index < -0.39 is 0 Å². The number of fused-ring (bicyclic) bond motifs is 1. The van der Waals surface area contributed by atoms with Crippen LogP contribution in [0.3, 0.4) is 0 Å². The molecule has 5 rings (SSSR count). The van der Waals surface area contributed by atoms with Crippen molar-refractivity contribution in [2.45, 2.75) is 38.5 Å². The average Bonchev–Trinajstić information content (AvgIpc) is 3.11. The first kappa shape index (κ1) is 16.9. The number of likely N-dealkylation sites (tertiary alicyclic amines) is 1. The summed E-state index contributed by atoms with van der Waals surface area (Å²) in [6.07, 6.45) is 6.31. The molecule has 2 atom stereocenters. The van der Waals surface area contributed by atoms with Crippen molar-refractivity contribution in [3.63, 3.8) is 0 Å². The molecule has 1 aromatic heterocycles. The zero-order valence-electron chi connectivity index (χ0n) is 15.9. The fourth-order valence-electron chi connectivity index (χ4n) is 4.61. The molecular weight excluding hydrogens is 336 g/mol. The van der Waals surface area contributed by atoms with E-state index in [4.69, 9.17) is 4.52 Å². The summed E-state index contributed by atoms with van der Waals surface area (Å²) in [6.45, 7) is 5.30. The number of carbonyl (C=O) groups is 1. The van der Waals surface area contributed by atoms with E-state index in [0.29, 0.717) is 29.9 Å². The van der Waals surface area contributed by atoms with Crippen LogP contribution in [-0.2, 0) is 6.42 Å². The highest BCUT2D eigenvalue weighted by Crippen LogP contribution is 2.40. The Kier molecular flexibility index (Phi) is 4.24. The number of nitrogens with zero attached hydrogens (tertiary/aromatic N) is 2. The molecule has 0 radical (unpaired) electrons. The van der Waals surface area contributed by atoms with Gasteiger partial charge in [0.05, 0.1) is 0 Å².